The molecule has 3 atom stereocenters. The van der Waals surface area contributed by atoms with Crippen molar-refractivity contribution < 1.29 is 24.3 Å². The molecular formula is C24H22N6O5S3. The average molecular weight is 571 g/mol. The first-order valence-electron chi connectivity index (χ1n) is 11.5. The number of thioether (sulfide) groups is 2. The van der Waals surface area contributed by atoms with Gasteiger partial charge in [-0.25, -0.2) is 9.78 Å². The van der Waals surface area contributed by atoms with E-state index >= 15 is 0 Å². The van der Waals surface area contributed by atoms with Crippen LogP contribution in [-0.2, 0) is 19.2 Å². The number of nitrogens with one attached hydrogen (secondary N) is 1. The lowest BCUT2D eigenvalue weighted by Crippen LogP contribution is -2.71. The summed E-state index contributed by atoms with van der Waals surface area (Å²) in [5.74, 6) is -2.01. The van der Waals surface area contributed by atoms with Crippen LogP contribution in [-0.4, -0.2) is 66.7 Å². The van der Waals surface area contributed by atoms with Crippen LogP contribution < -0.4 is 11.1 Å². The first kappa shape index (κ1) is 26.0. The number of carbonyl (C=O) groups is 3. The Balaban J connectivity index is 1.30. The molecule has 2 aromatic heterocycles. The molecule has 1 fully saturated rings. The first-order valence-corrected chi connectivity index (χ1v) is 14.3. The van der Waals surface area contributed by atoms with Gasteiger partial charge in [0, 0.05) is 28.4 Å². The lowest BCUT2D eigenvalue weighted by molar-refractivity contribution is -0.150. The molecule has 0 saturated carbocycles. The summed E-state index contributed by atoms with van der Waals surface area (Å²) in [5, 5.41) is 19.7. The number of thiazole rings is 1. The zero-order chi connectivity index (χ0) is 26.6. The van der Waals surface area contributed by atoms with Crippen LogP contribution in [0.4, 0.5) is 5.13 Å². The van der Waals surface area contributed by atoms with Crippen LogP contribution >= 0.6 is 34.9 Å². The number of nitrogens with two attached hydrogens (primary N) is 1. The summed E-state index contributed by atoms with van der Waals surface area (Å²) in [4.78, 5) is 53.8. The highest BCUT2D eigenvalue weighted by Crippen LogP contribution is 2.43. The molecule has 1 saturated heterocycles. The molecule has 38 heavy (non-hydrogen) atoms. The maximum atomic E-state index is 13.2. The molecule has 0 radical (unpaired) electrons. The summed E-state index contributed by atoms with van der Waals surface area (Å²) in [6.07, 6.45) is 10.4. The molecule has 0 spiro atoms. The van der Waals surface area contributed by atoms with E-state index in [2.05, 4.69) is 20.4 Å². The summed E-state index contributed by atoms with van der Waals surface area (Å²) in [7, 11) is 0. The minimum Gasteiger partial charge on any atom is -0.477 e. The second-order valence-electron chi connectivity index (χ2n) is 8.31. The SMILES string of the molecule is Nc1nc(C(=NOC2C=CCC2)C(=O)NC2C(=O)N3C(C(=O)O)=C(S/C=C\c4cccnc4)CS[C@@H]23)cs1. The predicted molar refractivity (Wildman–Crippen MR) is 147 cm³/mol. The average Bonchev–Trinajstić information content (AvgIpc) is 3.59. The molecule has 196 valence electrons. The van der Waals surface area contributed by atoms with Gasteiger partial charge in [-0.1, -0.05) is 29.1 Å². The summed E-state index contributed by atoms with van der Waals surface area (Å²) < 4.78 is 0. The molecule has 2 aliphatic heterocycles. The third-order valence-electron chi connectivity index (χ3n) is 5.81. The van der Waals surface area contributed by atoms with Gasteiger partial charge in [-0.3, -0.25) is 19.5 Å². The number of carboxylic acids is 1. The van der Waals surface area contributed by atoms with Crippen molar-refractivity contribution in [3.05, 3.63) is 69.3 Å². The predicted octanol–water partition coefficient (Wildman–Crippen LogP) is 2.66. The Hall–Kier alpha value is -3.62. The number of nitrogens with zero attached hydrogens (tertiary/aromatic N) is 4. The van der Waals surface area contributed by atoms with Gasteiger partial charge in [0.05, 0.1) is 0 Å². The van der Waals surface area contributed by atoms with Crippen LogP contribution in [0.1, 0.15) is 24.1 Å². The Morgan fingerprint density at radius 2 is 2.26 bits per heavy atom. The number of pyridine rings is 1. The van der Waals surface area contributed by atoms with Gasteiger partial charge in [0.1, 0.15) is 28.9 Å². The number of fused-ring (bicyclic) bond motifs is 1. The monoisotopic (exact) mass is 570 g/mol. The third kappa shape index (κ3) is 5.47. The first-order chi connectivity index (χ1) is 18.4. The van der Waals surface area contributed by atoms with Crippen LogP contribution in [0.2, 0.25) is 0 Å². The van der Waals surface area contributed by atoms with Gasteiger partial charge in [0.15, 0.2) is 10.8 Å². The van der Waals surface area contributed by atoms with Gasteiger partial charge in [-0.2, -0.15) is 0 Å². The number of amides is 2. The Morgan fingerprint density at radius 1 is 1.39 bits per heavy atom. The van der Waals surface area contributed by atoms with Crippen LogP contribution in [0, 0.1) is 0 Å². The fraction of sp³-hybridized carbons (Fsp3) is 0.250. The second-order valence-corrected chi connectivity index (χ2v) is 11.3. The van der Waals surface area contributed by atoms with E-state index < -0.39 is 29.2 Å². The maximum absolute atomic E-state index is 13.2. The molecule has 0 aromatic carbocycles. The van der Waals surface area contributed by atoms with E-state index in [4.69, 9.17) is 10.6 Å². The molecule has 14 heteroatoms. The smallest absolute Gasteiger partial charge is 0.353 e. The minimum absolute atomic E-state index is 0.0809. The fourth-order valence-corrected chi connectivity index (χ4v) is 6.88. The number of anilines is 1. The van der Waals surface area contributed by atoms with Crippen molar-refractivity contribution in [3.63, 3.8) is 0 Å². The quantitative estimate of drug-likeness (QED) is 0.177. The van der Waals surface area contributed by atoms with Gasteiger partial charge in [0.2, 0.25) is 0 Å². The Morgan fingerprint density at radius 3 is 2.95 bits per heavy atom. The third-order valence-corrected chi connectivity index (χ3v) is 8.84. The number of carboxylic acid groups (broad SMARTS) is 1. The molecule has 2 amide bonds. The number of allylic oxidation sites excluding steroid dienone is 1. The highest BCUT2D eigenvalue weighted by Gasteiger charge is 2.54. The summed E-state index contributed by atoms with van der Waals surface area (Å²) in [5.41, 5.74) is 6.66. The number of oxime groups is 1. The van der Waals surface area contributed by atoms with Gasteiger partial charge >= 0.3 is 5.97 Å². The molecule has 3 aliphatic rings. The van der Waals surface area contributed by atoms with E-state index in [0.717, 1.165) is 29.7 Å². The van der Waals surface area contributed by atoms with Crippen LogP contribution in [0.3, 0.4) is 0 Å². The van der Waals surface area contributed by atoms with E-state index in [1.165, 1.54) is 28.4 Å². The molecule has 1 aliphatic carbocycles. The summed E-state index contributed by atoms with van der Waals surface area (Å²) >= 11 is 3.76. The van der Waals surface area contributed by atoms with Gasteiger partial charge in [-0.05, 0) is 42.0 Å². The van der Waals surface area contributed by atoms with Crippen molar-refractivity contribution in [3.8, 4) is 0 Å². The molecule has 4 N–H and O–H groups in total. The lowest BCUT2D eigenvalue weighted by atomic mass is 10.0. The van der Waals surface area contributed by atoms with Crippen LogP contribution in [0.15, 0.2) is 63.2 Å². The van der Waals surface area contributed by atoms with E-state index in [1.807, 2.05) is 24.3 Å². The number of carbonyl (C=O) groups excluding carboxylic acids is 2. The zero-order valence-corrected chi connectivity index (χ0v) is 22.2. The number of rotatable bonds is 9. The second kappa shape index (κ2) is 11.4. The van der Waals surface area contributed by atoms with Gasteiger partial charge in [0.25, 0.3) is 11.8 Å². The van der Waals surface area contributed by atoms with Crippen LogP contribution in [0.25, 0.3) is 6.08 Å². The number of aromatic nitrogens is 2. The molecule has 5 rings (SSSR count). The Bertz CT molecular complexity index is 1370. The minimum atomic E-state index is -1.20. The topological polar surface area (TPSA) is 160 Å². The number of hydrogen-bond donors (Lipinski definition) is 3. The normalized spacial score (nSPS) is 22.9. The molecule has 2 aromatic rings. The van der Waals surface area contributed by atoms with E-state index in [1.54, 1.807) is 29.2 Å². The largest absolute Gasteiger partial charge is 0.477 e. The van der Waals surface area contributed by atoms with E-state index in [9.17, 15) is 19.5 Å². The lowest BCUT2D eigenvalue weighted by Gasteiger charge is -2.49. The molecule has 11 nitrogen and oxygen atoms in total. The highest BCUT2D eigenvalue weighted by molar-refractivity contribution is 8.08. The number of nitrogen functional groups attached to an aromatic ring is 1. The number of hydrogen-bond acceptors (Lipinski definition) is 11. The van der Waals surface area contributed by atoms with Crippen molar-refractivity contribution in [2.24, 2.45) is 5.16 Å². The van der Waals surface area contributed by atoms with Crippen molar-refractivity contribution >= 4 is 69.6 Å². The molecule has 4 heterocycles. The molecular weight excluding hydrogens is 549 g/mol. The van der Waals surface area contributed by atoms with Crippen LogP contribution in [0.5, 0.6) is 0 Å². The standard InChI is InChI=1S/C24H22N6O5S3/c25-24-27-15(11-38-24)17(29-35-14-5-1-2-6-14)20(31)28-18-21(32)30-19(23(33)34)16(12-37-22(18)30)36-9-7-13-4-3-8-26-10-13/h1,3-5,7-11,14,18,22H,2,6,12H2,(H2,25,27)(H,28,31)(H,33,34)/b9-7-,29-17?/t14?,18?,22-/m0/s1. The van der Waals surface area contributed by atoms with Crippen molar-refractivity contribution in [1.82, 2.24) is 20.2 Å². The zero-order valence-electron chi connectivity index (χ0n) is 19.7. The van der Waals surface area contributed by atoms with E-state index in [0.29, 0.717) is 10.7 Å². The Kier molecular flexibility index (Phi) is 7.81. The summed E-state index contributed by atoms with van der Waals surface area (Å²) in [6, 6.07) is 2.76. The number of β-lactam (4-membered cyclic amide) rings is 1. The highest BCUT2D eigenvalue weighted by atomic mass is 32.2. The Labute approximate surface area is 229 Å². The molecule has 0 bridgehead atoms. The number of aliphatic carboxylic acids is 1. The van der Waals surface area contributed by atoms with E-state index in [-0.39, 0.29) is 28.3 Å². The molecule has 2 unspecified atom stereocenters. The van der Waals surface area contributed by atoms with Crippen molar-refractivity contribution in [2.75, 3.05) is 11.5 Å². The van der Waals surface area contributed by atoms with Crippen molar-refractivity contribution in [2.45, 2.75) is 30.4 Å². The fourth-order valence-electron chi connectivity index (χ4n) is 3.97. The van der Waals surface area contributed by atoms with Gasteiger partial charge < -0.3 is 21.0 Å². The maximum Gasteiger partial charge on any atom is 0.353 e. The van der Waals surface area contributed by atoms with Gasteiger partial charge in [-0.15, -0.1) is 23.1 Å². The summed E-state index contributed by atoms with van der Waals surface area (Å²) in [6.45, 7) is 0. The van der Waals surface area contributed by atoms with Crippen molar-refractivity contribution in [1.29, 1.82) is 0 Å².